The monoisotopic (exact) mass is 292 g/mol. The Morgan fingerprint density at radius 1 is 1.24 bits per heavy atom. The molecule has 0 heterocycles. The molecule has 5 nitrogen and oxygen atoms in total. The lowest BCUT2D eigenvalue weighted by atomic mass is 10.0. The van der Waals surface area contributed by atoms with E-state index in [1.54, 1.807) is 0 Å². The van der Waals surface area contributed by atoms with Gasteiger partial charge in [0, 0.05) is 6.42 Å². The number of nitrogens with two attached hydrogens (primary N) is 1. The molecule has 1 aromatic rings. The number of carboxylic acid groups (broad SMARTS) is 1. The molecule has 1 rings (SSSR count). The van der Waals surface area contributed by atoms with E-state index in [-0.39, 0.29) is 18.4 Å². The Hall–Kier alpha value is -1.88. The van der Waals surface area contributed by atoms with Gasteiger partial charge < -0.3 is 16.2 Å². The highest BCUT2D eigenvalue weighted by Gasteiger charge is 2.19. The Balaban J connectivity index is 2.68. The topological polar surface area (TPSA) is 92.4 Å². The van der Waals surface area contributed by atoms with Crippen LogP contribution in [0.25, 0.3) is 0 Å². The molecule has 0 bridgehead atoms. The van der Waals surface area contributed by atoms with Crippen molar-refractivity contribution < 1.29 is 14.7 Å². The highest BCUT2D eigenvalue weighted by atomic mass is 16.4. The zero-order valence-corrected chi connectivity index (χ0v) is 12.4. The summed E-state index contributed by atoms with van der Waals surface area (Å²) in [5, 5.41) is 11.7. The van der Waals surface area contributed by atoms with Crippen molar-refractivity contribution in [2.75, 3.05) is 0 Å². The minimum absolute atomic E-state index is 0.00401. The van der Waals surface area contributed by atoms with Gasteiger partial charge in [-0.2, -0.15) is 0 Å². The first-order valence-electron chi connectivity index (χ1n) is 7.37. The molecule has 5 heteroatoms. The van der Waals surface area contributed by atoms with E-state index in [9.17, 15) is 9.59 Å². The lowest BCUT2D eigenvalue weighted by molar-refractivity contribution is -0.137. The average Bonchev–Trinajstić information content (AvgIpc) is 2.49. The molecule has 0 saturated carbocycles. The molecule has 0 aliphatic heterocycles. The van der Waals surface area contributed by atoms with E-state index in [2.05, 4.69) is 5.32 Å². The molecule has 21 heavy (non-hydrogen) atoms. The van der Waals surface area contributed by atoms with Crippen LogP contribution < -0.4 is 11.1 Å². The summed E-state index contributed by atoms with van der Waals surface area (Å²) >= 11 is 0. The number of nitrogens with one attached hydrogen (secondary N) is 1. The summed E-state index contributed by atoms with van der Waals surface area (Å²) in [5.74, 6) is -1.09. The molecule has 0 spiro atoms. The van der Waals surface area contributed by atoms with E-state index in [1.807, 2.05) is 37.3 Å². The van der Waals surface area contributed by atoms with Crippen molar-refractivity contribution in [2.45, 2.75) is 51.1 Å². The van der Waals surface area contributed by atoms with Crippen molar-refractivity contribution in [3.05, 3.63) is 35.9 Å². The summed E-state index contributed by atoms with van der Waals surface area (Å²) < 4.78 is 0. The second-order valence-electron chi connectivity index (χ2n) is 5.15. The van der Waals surface area contributed by atoms with Gasteiger partial charge in [0.2, 0.25) is 5.91 Å². The molecule has 0 aliphatic carbocycles. The normalized spacial score (nSPS) is 13.4. The summed E-state index contributed by atoms with van der Waals surface area (Å²) in [6.45, 7) is 2.05. The van der Waals surface area contributed by atoms with Gasteiger partial charge in [-0.25, -0.2) is 0 Å². The summed E-state index contributed by atoms with van der Waals surface area (Å²) in [6.07, 6.45) is 2.89. The number of hydrogen-bond acceptors (Lipinski definition) is 3. The minimum Gasteiger partial charge on any atom is -0.481 e. The first kappa shape index (κ1) is 17.2. The molecular formula is C16H24N2O3. The molecule has 0 aromatic heterocycles. The summed E-state index contributed by atoms with van der Waals surface area (Å²) in [6, 6.07) is 8.52. The van der Waals surface area contributed by atoms with Crippen LogP contribution in [0.4, 0.5) is 0 Å². The first-order chi connectivity index (χ1) is 10.0. The number of rotatable bonds is 9. The second kappa shape index (κ2) is 9.13. The Morgan fingerprint density at radius 3 is 2.48 bits per heavy atom. The SMILES string of the molecule is CCCC[C@H](N)C(=O)NC(CCC(=O)O)c1ccccc1. The third-order valence-electron chi connectivity index (χ3n) is 3.37. The number of amides is 1. The number of hydrogen-bond donors (Lipinski definition) is 3. The number of carbonyl (C=O) groups excluding carboxylic acids is 1. The summed E-state index contributed by atoms with van der Waals surface area (Å²) in [5.41, 5.74) is 6.76. The molecule has 1 aromatic carbocycles. The Labute approximate surface area is 125 Å². The lowest BCUT2D eigenvalue weighted by Crippen LogP contribution is -2.42. The van der Waals surface area contributed by atoms with Crippen LogP contribution >= 0.6 is 0 Å². The van der Waals surface area contributed by atoms with Crippen LogP contribution in [0.15, 0.2) is 30.3 Å². The van der Waals surface area contributed by atoms with Crippen LogP contribution in [0.3, 0.4) is 0 Å². The second-order valence-corrected chi connectivity index (χ2v) is 5.15. The van der Waals surface area contributed by atoms with Crippen molar-refractivity contribution in [3.63, 3.8) is 0 Å². The molecule has 0 saturated heterocycles. The van der Waals surface area contributed by atoms with E-state index >= 15 is 0 Å². The molecule has 0 fully saturated rings. The molecule has 116 valence electrons. The lowest BCUT2D eigenvalue weighted by Gasteiger charge is -2.21. The summed E-state index contributed by atoms with van der Waals surface area (Å²) in [4.78, 5) is 22.9. The van der Waals surface area contributed by atoms with Crippen molar-refractivity contribution in [2.24, 2.45) is 5.73 Å². The number of aliphatic carboxylic acids is 1. The largest absolute Gasteiger partial charge is 0.481 e. The summed E-state index contributed by atoms with van der Waals surface area (Å²) in [7, 11) is 0. The Kier molecular flexibility index (Phi) is 7.46. The number of carboxylic acids is 1. The molecule has 4 N–H and O–H groups in total. The zero-order valence-electron chi connectivity index (χ0n) is 12.4. The highest BCUT2D eigenvalue weighted by molar-refractivity contribution is 5.82. The van der Waals surface area contributed by atoms with Crippen LogP contribution in [0, 0.1) is 0 Å². The van der Waals surface area contributed by atoms with E-state index in [1.165, 1.54) is 0 Å². The fraction of sp³-hybridized carbons (Fsp3) is 0.500. The smallest absolute Gasteiger partial charge is 0.303 e. The van der Waals surface area contributed by atoms with Gasteiger partial charge in [-0.3, -0.25) is 9.59 Å². The van der Waals surface area contributed by atoms with Gasteiger partial charge in [-0.1, -0.05) is 50.1 Å². The standard InChI is InChI=1S/C16H24N2O3/c1-2-3-9-13(17)16(21)18-14(10-11-15(19)20)12-7-5-4-6-8-12/h4-8,13-14H,2-3,9-11,17H2,1H3,(H,18,21)(H,19,20)/t13-,14?/m0/s1. The van der Waals surface area contributed by atoms with Gasteiger partial charge in [-0.05, 0) is 18.4 Å². The first-order valence-corrected chi connectivity index (χ1v) is 7.37. The van der Waals surface area contributed by atoms with Gasteiger partial charge in [0.1, 0.15) is 0 Å². The molecule has 1 unspecified atom stereocenters. The number of unbranched alkanes of at least 4 members (excludes halogenated alkanes) is 1. The molecule has 1 amide bonds. The number of carbonyl (C=O) groups is 2. The Morgan fingerprint density at radius 2 is 1.90 bits per heavy atom. The third kappa shape index (κ3) is 6.40. The van der Waals surface area contributed by atoms with Crippen LogP contribution in [0.2, 0.25) is 0 Å². The van der Waals surface area contributed by atoms with Gasteiger partial charge >= 0.3 is 5.97 Å². The maximum atomic E-state index is 12.1. The average molecular weight is 292 g/mol. The van der Waals surface area contributed by atoms with Crippen molar-refractivity contribution >= 4 is 11.9 Å². The van der Waals surface area contributed by atoms with E-state index in [0.717, 1.165) is 18.4 Å². The van der Waals surface area contributed by atoms with Crippen molar-refractivity contribution in [1.82, 2.24) is 5.32 Å². The van der Waals surface area contributed by atoms with Gasteiger partial charge in [0.15, 0.2) is 0 Å². The van der Waals surface area contributed by atoms with E-state index in [0.29, 0.717) is 12.8 Å². The minimum atomic E-state index is -0.875. The quantitative estimate of drug-likeness (QED) is 0.650. The van der Waals surface area contributed by atoms with Gasteiger partial charge in [-0.15, -0.1) is 0 Å². The third-order valence-corrected chi connectivity index (χ3v) is 3.37. The van der Waals surface area contributed by atoms with Gasteiger partial charge in [0.25, 0.3) is 0 Å². The van der Waals surface area contributed by atoms with Gasteiger partial charge in [0.05, 0.1) is 12.1 Å². The highest BCUT2D eigenvalue weighted by Crippen LogP contribution is 2.18. The number of benzene rings is 1. The van der Waals surface area contributed by atoms with E-state index in [4.69, 9.17) is 10.8 Å². The van der Waals surface area contributed by atoms with Crippen LogP contribution in [0.5, 0.6) is 0 Å². The van der Waals surface area contributed by atoms with Crippen molar-refractivity contribution in [3.8, 4) is 0 Å². The maximum absolute atomic E-state index is 12.1. The zero-order chi connectivity index (χ0) is 15.7. The van der Waals surface area contributed by atoms with Crippen LogP contribution in [-0.2, 0) is 9.59 Å². The predicted molar refractivity (Wildman–Crippen MR) is 81.7 cm³/mol. The Bertz CT molecular complexity index is 448. The fourth-order valence-electron chi connectivity index (χ4n) is 2.11. The predicted octanol–water partition coefficient (Wildman–Crippen LogP) is 2.23. The van der Waals surface area contributed by atoms with E-state index < -0.39 is 12.0 Å². The van der Waals surface area contributed by atoms with Crippen molar-refractivity contribution in [1.29, 1.82) is 0 Å². The maximum Gasteiger partial charge on any atom is 0.303 e. The van der Waals surface area contributed by atoms with Crippen LogP contribution in [0.1, 0.15) is 50.6 Å². The molecule has 0 radical (unpaired) electrons. The molecule has 2 atom stereocenters. The molecular weight excluding hydrogens is 268 g/mol. The van der Waals surface area contributed by atoms with Crippen LogP contribution in [-0.4, -0.2) is 23.0 Å². The fourth-order valence-corrected chi connectivity index (χ4v) is 2.11. The molecule has 0 aliphatic rings.